The molecule has 0 atom stereocenters. The number of aryl methyl sites for hydroxylation is 2. The first-order valence-electron chi connectivity index (χ1n) is 9.48. The molecule has 1 aliphatic rings. The van der Waals surface area contributed by atoms with Crippen LogP contribution in [0.25, 0.3) is 5.69 Å². The third-order valence-corrected chi connectivity index (χ3v) is 4.97. The van der Waals surface area contributed by atoms with Gasteiger partial charge in [-0.1, -0.05) is 0 Å². The summed E-state index contributed by atoms with van der Waals surface area (Å²) in [6, 6.07) is 11.2. The van der Waals surface area contributed by atoms with Crippen molar-refractivity contribution >= 4 is 17.3 Å². The Bertz CT molecular complexity index is 955. The average Bonchev–Trinajstić information content (AvgIpc) is 3.09. The summed E-state index contributed by atoms with van der Waals surface area (Å²) in [5, 5.41) is 7.73. The van der Waals surface area contributed by atoms with Crippen LogP contribution in [0, 0.1) is 19.7 Å². The van der Waals surface area contributed by atoms with E-state index < -0.39 is 0 Å². The molecular formula is C21H25FN6. The van der Waals surface area contributed by atoms with Crippen LogP contribution in [-0.4, -0.2) is 52.9 Å². The SMILES string of the molecule is Cc1cc(Nc2ncn(-c3cc(C)cc(F)c3)n2)cc(N2CCN(C)CC2)c1. The van der Waals surface area contributed by atoms with Crippen molar-refractivity contribution < 1.29 is 4.39 Å². The average molecular weight is 380 g/mol. The number of piperazine rings is 1. The normalized spacial score (nSPS) is 15.1. The van der Waals surface area contributed by atoms with Crippen molar-refractivity contribution in [1.29, 1.82) is 0 Å². The second-order valence-electron chi connectivity index (χ2n) is 7.47. The van der Waals surface area contributed by atoms with E-state index in [0.717, 1.165) is 37.4 Å². The molecule has 0 saturated carbocycles. The Kier molecular flexibility index (Phi) is 5.00. The van der Waals surface area contributed by atoms with Crippen LogP contribution in [0.15, 0.2) is 42.7 Å². The van der Waals surface area contributed by atoms with Crippen LogP contribution in [0.2, 0.25) is 0 Å². The first kappa shape index (κ1) is 18.4. The predicted molar refractivity (Wildman–Crippen MR) is 110 cm³/mol. The lowest BCUT2D eigenvalue weighted by Crippen LogP contribution is -2.44. The highest BCUT2D eigenvalue weighted by atomic mass is 19.1. The topological polar surface area (TPSA) is 49.2 Å². The molecule has 0 aliphatic carbocycles. The van der Waals surface area contributed by atoms with Crippen molar-refractivity contribution in [3.05, 3.63) is 59.7 Å². The highest BCUT2D eigenvalue weighted by Crippen LogP contribution is 2.25. The quantitative estimate of drug-likeness (QED) is 0.751. The number of hydrogen-bond donors (Lipinski definition) is 1. The molecule has 0 radical (unpaired) electrons. The van der Waals surface area contributed by atoms with Gasteiger partial charge in [0.15, 0.2) is 0 Å². The number of halogens is 1. The van der Waals surface area contributed by atoms with E-state index in [0.29, 0.717) is 11.6 Å². The molecule has 1 saturated heterocycles. The van der Waals surface area contributed by atoms with Crippen LogP contribution in [-0.2, 0) is 0 Å². The summed E-state index contributed by atoms with van der Waals surface area (Å²) in [7, 11) is 2.16. The lowest BCUT2D eigenvalue weighted by atomic mass is 10.1. The van der Waals surface area contributed by atoms with Crippen LogP contribution in [0.3, 0.4) is 0 Å². The van der Waals surface area contributed by atoms with Gasteiger partial charge >= 0.3 is 0 Å². The second-order valence-corrected chi connectivity index (χ2v) is 7.47. The smallest absolute Gasteiger partial charge is 0.246 e. The number of benzene rings is 2. The monoisotopic (exact) mass is 380 g/mol. The van der Waals surface area contributed by atoms with Crippen LogP contribution >= 0.6 is 0 Å². The van der Waals surface area contributed by atoms with Crippen LogP contribution in [0.1, 0.15) is 11.1 Å². The first-order chi connectivity index (χ1) is 13.5. The summed E-state index contributed by atoms with van der Waals surface area (Å²) in [5.41, 5.74) is 4.83. The van der Waals surface area contributed by atoms with E-state index in [1.807, 2.05) is 13.0 Å². The second kappa shape index (κ2) is 7.59. The highest BCUT2D eigenvalue weighted by molar-refractivity contribution is 5.64. The van der Waals surface area contributed by atoms with Crippen molar-refractivity contribution in [3.8, 4) is 5.69 Å². The van der Waals surface area contributed by atoms with Crippen molar-refractivity contribution in [1.82, 2.24) is 19.7 Å². The lowest BCUT2D eigenvalue weighted by molar-refractivity contribution is 0.313. The maximum absolute atomic E-state index is 13.7. The standard InChI is InChI=1S/C21H25FN6/c1-15-8-17(22)12-20(11-15)28-14-23-21(25-28)24-18-9-16(2)10-19(13-18)27-6-4-26(3)5-7-27/h8-14H,4-7H2,1-3H3,(H,24,25). The molecule has 0 amide bonds. The number of nitrogens with one attached hydrogen (secondary N) is 1. The minimum Gasteiger partial charge on any atom is -0.369 e. The summed E-state index contributed by atoms with van der Waals surface area (Å²) in [6.07, 6.45) is 1.59. The van der Waals surface area contributed by atoms with Gasteiger partial charge in [-0.2, -0.15) is 4.98 Å². The van der Waals surface area contributed by atoms with E-state index in [1.165, 1.54) is 23.4 Å². The Balaban J connectivity index is 1.54. The number of anilines is 3. The lowest BCUT2D eigenvalue weighted by Gasteiger charge is -2.34. The van der Waals surface area contributed by atoms with Gasteiger partial charge in [-0.3, -0.25) is 0 Å². The Hall–Kier alpha value is -2.93. The van der Waals surface area contributed by atoms with Crippen molar-refractivity contribution in [3.63, 3.8) is 0 Å². The molecule has 0 bridgehead atoms. The molecule has 0 unspecified atom stereocenters. The van der Waals surface area contributed by atoms with Gasteiger partial charge in [-0.25, -0.2) is 9.07 Å². The van der Waals surface area contributed by atoms with E-state index in [9.17, 15) is 4.39 Å². The van der Waals surface area contributed by atoms with Gasteiger partial charge in [-0.05, 0) is 68.4 Å². The number of rotatable bonds is 4. The third kappa shape index (κ3) is 4.14. The fraction of sp³-hybridized carbons (Fsp3) is 0.333. The Labute approximate surface area is 164 Å². The van der Waals surface area contributed by atoms with Crippen LogP contribution in [0.4, 0.5) is 21.7 Å². The number of hydrogen-bond acceptors (Lipinski definition) is 5. The third-order valence-electron chi connectivity index (χ3n) is 4.97. The molecule has 2 aromatic carbocycles. The fourth-order valence-electron chi connectivity index (χ4n) is 3.51. The van der Waals surface area contributed by atoms with Crippen molar-refractivity contribution in [2.24, 2.45) is 0 Å². The molecule has 0 spiro atoms. The summed E-state index contributed by atoms with van der Waals surface area (Å²) < 4.78 is 15.3. The summed E-state index contributed by atoms with van der Waals surface area (Å²) in [4.78, 5) is 9.07. The van der Waals surface area contributed by atoms with Gasteiger partial charge in [0.1, 0.15) is 12.1 Å². The van der Waals surface area contributed by atoms with Gasteiger partial charge in [0, 0.05) is 37.6 Å². The van der Waals surface area contributed by atoms with Gasteiger partial charge < -0.3 is 15.1 Å². The predicted octanol–water partition coefficient (Wildman–Crippen LogP) is 3.52. The number of aromatic nitrogens is 3. The molecule has 6 nitrogen and oxygen atoms in total. The van der Waals surface area contributed by atoms with Gasteiger partial charge in [-0.15, -0.1) is 5.10 Å². The van der Waals surface area contributed by atoms with E-state index >= 15 is 0 Å². The summed E-state index contributed by atoms with van der Waals surface area (Å²) >= 11 is 0. The van der Waals surface area contributed by atoms with E-state index in [-0.39, 0.29) is 5.82 Å². The molecule has 1 N–H and O–H groups in total. The Morgan fingerprint density at radius 3 is 2.36 bits per heavy atom. The Morgan fingerprint density at radius 2 is 1.61 bits per heavy atom. The molecule has 1 fully saturated rings. The minimum atomic E-state index is -0.282. The maximum atomic E-state index is 13.7. The Morgan fingerprint density at radius 1 is 0.893 bits per heavy atom. The van der Waals surface area contributed by atoms with Gasteiger partial charge in [0.05, 0.1) is 5.69 Å². The van der Waals surface area contributed by atoms with Gasteiger partial charge in [0.25, 0.3) is 0 Å². The van der Waals surface area contributed by atoms with Crippen molar-refractivity contribution in [2.45, 2.75) is 13.8 Å². The van der Waals surface area contributed by atoms with Crippen LogP contribution < -0.4 is 10.2 Å². The summed E-state index contributed by atoms with van der Waals surface area (Å²) in [6.45, 7) is 8.11. The molecule has 146 valence electrons. The number of nitrogens with zero attached hydrogens (tertiary/aromatic N) is 5. The molecule has 4 rings (SSSR count). The van der Waals surface area contributed by atoms with Crippen molar-refractivity contribution in [2.75, 3.05) is 43.4 Å². The molecule has 1 aliphatic heterocycles. The fourth-order valence-corrected chi connectivity index (χ4v) is 3.51. The first-order valence-corrected chi connectivity index (χ1v) is 9.48. The maximum Gasteiger partial charge on any atom is 0.246 e. The van der Waals surface area contributed by atoms with E-state index in [1.54, 1.807) is 11.0 Å². The zero-order valence-corrected chi connectivity index (χ0v) is 16.5. The minimum absolute atomic E-state index is 0.282. The number of likely N-dealkylation sites (N-methyl/N-ethyl adjacent to an activating group) is 1. The largest absolute Gasteiger partial charge is 0.369 e. The molecular weight excluding hydrogens is 355 g/mol. The molecule has 3 aromatic rings. The van der Waals surface area contributed by atoms with Crippen LogP contribution in [0.5, 0.6) is 0 Å². The molecule has 2 heterocycles. The van der Waals surface area contributed by atoms with E-state index in [2.05, 4.69) is 57.4 Å². The zero-order valence-electron chi connectivity index (χ0n) is 16.5. The highest BCUT2D eigenvalue weighted by Gasteiger charge is 2.15. The van der Waals surface area contributed by atoms with Gasteiger partial charge in [0.2, 0.25) is 5.95 Å². The molecule has 1 aromatic heterocycles. The molecule has 28 heavy (non-hydrogen) atoms. The summed E-state index contributed by atoms with van der Waals surface area (Å²) in [5.74, 6) is 0.201. The van der Waals surface area contributed by atoms with E-state index in [4.69, 9.17) is 0 Å². The molecule has 7 heteroatoms. The zero-order chi connectivity index (χ0) is 19.7.